The normalized spacial score (nSPS) is 15.3. The van der Waals surface area contributed by atoms with Gasteiger partial charge in [-0.3, -0.25) is 4.79 Å². The van der Waals surface area contributed by atoms with Crippen LogP contribution in [-0.4, -0.2) is 32.6 Å². The Labute approximate surface area is 128 Å². The van der Waals surface area contributed by atoms with Gasteiger partial charge in [0.05, 0.1) is 25.3 Å². The van der Waals surface area contributed by atoms with Crippen LogP contribution in [0.4, 0.5) is 0 Å². The first-order chi connectivity index (χ1) is 9.67. The van der Waals surface area contributed by atoms with Crippen LogP contribution in [0.3, 0.4) is 0 Å². The summed E-state index contributed by atoms with van der Waals surface area (Å²) >= 11 is 3.45. The van der Waals surface area contributed by atoms with Crippen molar-refractivity contribution in [1.82, 2.24) is 5.32 Å². The fraction of sp³-hybridized carbons (Fsp3) is 0.533. The summed E-state index contributed by atoms with van der Waals surface area (Å²) in [4.78, 5) is 12.3. The number of hydrogen-bond acceptors (Lipinski definition) is 4. The summed E-state index contributed by atoms with van der Waals surface area (Å²) in [7, 11) is 3.35. The molecule has 4 nitrogen and oxygen atoms in total. The highest BCUT2D eigenvalue weighted by Gasteiger charge is 2.24. The molecule has 20 heavy (non-hydrogen) atoms. The van der Waals surface area contributed by atoms with E-state index in [9.17, 15) is 4.79 Å². The second kappa shape index (κ2) is 7.09. The maximum atomic E-state index is 12.3. The molecule has 0 spiro atoms. The van der Waals surface area contributed by atoms with Gasteiger partial charge in [0.25, 0.3) is 0 Å². The number of ketones is 1. The van der Waals surface area contributed by atoms with E-state index in [1.54, 1.807) is 14.2 Å². The molecule has 1 aromatic carbocycles. The molecule has 1 aromatic rings. The van der Waals surface area contributed by atoms with Gasteiger partial charge in [-0.2, -0.15) is 0 Å². The van der Waals surface area contributed by atoms with Crippen LogP contribution in [0.2, 0.25) is 0 Å². The summed E-state index contributed by atoms with van der Waals surface area (Å²) in [6, 6.07) is 3.65. The zero-order valence-electron chi connectivity index (χ0n) is 11.9. The zero-order valence-corrected chi connectivity index (χ0v) is 13.5. The summed E-state index contributed by atoms with van der Waals surface area (Å²) in [6.07, 6.45) is 4.62. The molecule has 0 amide bonds. The molecule has 2 rings (SSSR count). The van der Waals surface area contributed by atoms with Gasteiger partial charge in [-0.25, -0.2) is 0 Å². The molecule has 1 fully saturated rings. The Bertz CT molecular complexity index is 484. The zero-order chi connectivity index (χ0) is 14.5. The van der Waals surface area contributed by atoms with Crippen molar-refractivity contribution in [2.45, 2.75) is 31.8 Å². The van der Waals surface area contributed by atoms with Gasteiger partial charge in [-0.15, -0.1) is 0 Å². The van der Waals surface area contributed by atoms with Crippen molar-refractivity contribution in [1.29, 1.82) is 0 Å². The molecule has 0 heterocycles. The molecule has 0 saturated heterocycles. The average molecular weight is 342 g/mol. The third-order valence-electron chi connectivity index (χ3n) is 3.49. The number of rotatable bonds is 6. The first-order valence-corrected chi connectivity index (χ1v) is 7.67. The lowest BCUT2D eigenvalue weighted by molar-refractivity contribution is 0.0984. The van der Waals surface area contributed by atoms with Gasteiger partial charge in [-0.05, 0) is 60.8 Å². The van der Waals surface area contributed by atoms with E-state index in [0.717, 1.165) is 17.3 Å². The average Bonchev–Trinajstić information content (AvgIpc) is 2.92. The van der Waals surface area contributed by atoms with Gasteiger partial charge in [0.1, 0.15) is 0 Å². The number of halogens is 1. The summed E-state index contributed by atoms with van der Waals surface area (Å²) in [5, 5.41) is 2.88. The fourth-order valence-corrected chi connectivity index (χ4v) is 3.03. The number of benzene rings is 1. The number of ether oxygens (including phenoxy) is 2. The minimum absolute atomic E-state index is 0.00808. The quantitative estimate of drug-likeness (QED) is 0.807. The highest BCUT2D eigenvalue weighted by Crippen LogP contribution is 2.38. The van der Waals surface area contributed by atoms with Gasteiger partial charge >= 0.3 is 0 Å². The highest BCUT2D eigenvalue weighted by molar-refractivity contribution is 9.10. The number of likely N-dealkylation sites (N-methyl/N-ethyl adjacent to an activating group) is 1. The predicted molar refractivity (Wildman–Crippen MR) is 81.8 cm³/mol. The van der Waals surface area contributed by atoms with Crippen LogP contribution in [0.15, 0.2) is 16.6 Å². The van der Waals surface area contributed by atoms with E-state index in [2.05, 4.69) is 21.2 Å². The molecule has 1 aliphatic rings. The van der Waals surface area contributed by atoms with Gasteiger partial charge in [0.15, 0.2) is 17.3 Å². The molecular weight excluding hydrogens is 322 g/mol. The van der Waals surface area contributed by atoms with E-state index in [4.69, 9.17) is 9.47 Å². The minimum Gasteiger partial charge on any atom is -0.493 e. The Morgan fingerprint density at radius 3 is 2.70 bits per heavy atom. The number of hydrogen-bond donors (Lipinski definition) is 1. The lowest BCUT2D eigenvalue weighted by atomic mass is 10.1. The monoisotopic (exact) mass is 341 g/mol. The van der Waals surface area contributed by atoms with Crippen LogP contribution < -0.4 is 14.8 Å². The number of nitrogens with one attached hydrogen (secondary N) is 1. The van der Waals surface area contributed by atoms with Crippen molar-refractivity contribution in [3.63, 3.8) is 0 Å². The smallest absolute Gasteiger partial charge is 0.181 e. The van der Waals surface area contributed by atoms with Crippen LogP contribution in [0, 0.1) is 0 Å². The predicted octanol–water partition coefficient (Wildman–Crippen LogP) is 3.18. The van der Waals surface area contributed by atoms with Crippen LogP contribution in [0.5, 0.6) is 11.5 Å². The molecule has 1 aliphatic carbocycles. The summed E-state index contributed by atoms with van der Waals surface area (Å²) in [5.41, 5.74) is 0.561. The standard InChI is InChI=1S/C15H20BrNO3/c1-17-9-12(18)14-11(16)7-8-13(19-2)15(14)20-10-5-3-4-6-10/h7-8,10,17H,3-6,9H2,1-2H3. The van der Waals surface area contributed by atoms with E-state index >= 15 is 0 Å². The molecule has 1 N–H and O–H groups in total. The minimum atomic E-state index is -0.00808. The molecule has 5 heteroatoms. The largest absolute Gasteiger partial charge is 0.493 e. The van der Waals surface area contributed by atoms with Crippen LogP contribution in [0.1, 0.15) is 36.0 Å². The van der Waals surface area contributed by atoms with Gasteiger partial charge in [0.2, 0.25) is 0 Å². The van der Waals surface area contributed by atoms with E-state index in [0.29, 0.717) is 17.1 Å². The van der Waals surface area contributed by atoms with Gasteiger partial charge < -0.3 is 14.8 Å². The van der Waals surface area contributed by atoms with E-state index in [-0.39, 0.29) is 18.4 Å². The first-order valence-electron chi connectivity index (χ1n) is 6.88. The number of methoxy groups -OCH3 is 1. The molecule has 0 atom stereocenters. The Morgan fingerprint density at radius 2 is 2.10 bits per heavy atom. The van der Waals surface area contributed by atoms with Gasteiger partial charge in [-0.1, -0.05) is 0 Å². The lowest BCUT2D eigenvalue weighted by Crippen LogP contribution is -2.21. The van der Waals surface area contributed by atoms with Crippen LogP contribution in [0.25, 0.3) is 0 Å². The number of Topliss-reactive ketones (excluding diaryl/α,β-unsaturated/α-hetero) is 1. The maximum absolute atomic E-state index is 12.3. The van der Waals surface area contributed by atoms with Gasteiger partial charge in [0, 0.05) is 4.47 Å². The van der Waals surface area contributed by atoms with E-state index in [1.807, 2.05) is 12.1 Å². The third-order valence-corrected chi connectivity index (χ3v) is 4.15. The molecule has 0 bridgehead atoms. The van der Waals surface area contributed by atoms with Crippen LogP contribution >= 0.6 is 15.9 Å². The molecule has 0 unspecified atom stereocenters. The van der Waals surface area contributed by atoms with Crippen molar-refractivity contribution in [2.75, 3.05) is 20.7 Å². The Kier molecular flexibility index (Phi) is 5.43. The first kappa shape index (κ1) is 15.3. The fourth-order valence-electron chi connectivity index (χ4n) is 2.50. The molecule has 0 radical (unpaired) electrons. The van der Waals surface area contributed by atoms with Crippen molar-refractivity contribution >= 4 is 21.7 Å². The van der Waals surface area contributed by atoms with Crippen molar-refractivity contribution in [3.05, 3.63) is 22.2 Å². The topological polar surface area (TPSA) is 47.6 Å². The molecular formula is C15H20BrNO3. The van der Waals surface area contributed by atoms with Crippen molar-refractivity contribution in [2.24, 2.45) is 0 Å². The molecule has 0 aliphatic heterocycles. The van der Waals surface area contributed by atoms with E-state index in [1.165, 1.54) is 12.8 Å². The molecule has 0 aromatic heterocycles. The molecule has 1 saturated carbocycles. The summed E-state index contributed by atoms with van der Waals surface area (Å²) in [5.74, 6) is 1.17. The number of carbonyl (C=O) groups excluding carboxylic acids is 1. The van der Waals surface area contributed by atoms with Crippen molar-refractivity contribution < 1.29 is 14.3 Å². The third kappa shape index (κ3) is 3.33. The maximum Gasteiger partial charge on any atom is 0.181 e. The van der Waals surface area contributed by atoms with E-state index < -0.39 is 0 Å². The van der Waals surface area contributed by atoms with Crippen molar-refractivity contribution in [3.8, 4) is 11.5 Å². The summed E-state index contributed by atoms with van der Waals surface area (Å²) in [6.45, 7) is 0.271. The second-order valence-electron chi connectivity index (χ2n) is 4.93. The Hall–Kier alpha value is -1.07. The lowest BCUT2D eigenvalue weighted by Gasteiger charge is -2.19. The summed E-state index contributed by atoms with van der Waals surface area (Å²) < 4.78 is 12.2. The molecule has 110 valence electrons. The SMILES string of the molecule is CNCC(=O)c1c(Br)ccc(OC)c1OC1CCCC1. The second-order valence-corrected chi connectivity index (χ2v) is 5.79. The van der Waals surface area contributed by atoms with Crippen LogP contribution in [-0.2, 0) is 0 Å². The Morgan fingerprint density at radius 1 is 1.40 bits per heavy atom. The highest BCUT2D eigenvalue weighted by atomic mass is 79.9. The number of carbonyl (C=O) groups is 1. The Balaban J connectivity index is 2.37.